The minimum atomic E-state index is -1.83. The second-order valence-corrected chi connectivity index (χ2v) is 3.38. The average molecular weight is 274 g/mol. The first-order valence-electron chi connectivity index (χ1n) is 5.59. The largest absolute Gasteiger partial charge is 0.503 e. The van der Waals surface area contributed by atoms with Crippen molar-refractivity contribution in [2.45, 2.75) is 0 Å². The highest BCUT2D eigenvalue weighted by atomic mass is 16.6. The van der Waals surface area contributed by atoms with Gasteiger partial charge in [0.15, 0.2) is 0 Å². The lowest BCUT2D eigenvalue weighted by Gasteiger charge is -2.00. The van der Waals surface area contributed by atoms with Gasteiger partial charge in [0, 0.05) is 18.6 Å². The molecule has 0 spiro atoms. The van der Waals surface area contributed by atoms with E-state index in [4.69, 9.17) is 15.0 Å². The number of para-hydroxylation sites is 1. The van der Waals surface area contributed by atoms with Crippen LogP contribution >= 0.6 is 0 Å². The van der Waals surface area contributed by atoms with Crippen LogP contribution in [0, 0.1) is 0 Å². The third-order valence-electron chi connectivity index (χ3n) is 1.99. The Labute approximate surface area is 115 Å². The summed E-state index contributed by atoms with van der Waals surface area (Å²) >= 11 is 0. The van der Waals surface area contributed by atoms with Gasteiger partial charge in [-0.1, -0.05) is 24.3 Å². The molecular weight excluding hydrogens is 260 g/mol. The van der Waals surface area contributed by atoms with Crippen molar-refractivity contribution in [3.05, 3.63) is 54.6 Å². The molecule has 4 N–H and O–H groups in total. The standard InChI is InChI=1S/C9H8N2.C3H4N2.CH2O3/c1-2-6-9-8(4-1)5-3-7-10-11-9;1-2-5-3-4-1;2-1(3)4/h1-7,11H;1-3H,(H,4,5);(H2,2,3,4). The molecule has 7 nitrogen and oxygen atoms in total. The number of nitrogens with one attached hydrogen (secondary N) is 2. The number of benzene rings is 1. The zero-order valence-corrected chi connectivity index (χ0v) is 10.5. The number of hydrogen-bond acceptors (Lipinski definition) is 4. The Morgan fingerprint density at radius 2 is 1.95 bits per heavy atom. The second kappa shape index (κ2) is 8.92. The van der Waals surface area contributed by atoms with Crippen LogP contribution in [0.4, 0.5) is 10.5 Å². The number of imidazole rings is 1. The number of hydrazone groups is 1. The highest BCUT2D eigenvalue weighted by Crippen LogP contribution is 2.17. The molecule has 104 valence electrons. The third kappa shape index (κ3) is 6.60. The second-order valence-electron chi connectivity index (χ2n) is 3.38. The summed E-state index contributed by atoms with van der Waals surface area (Å²) in [7, 11) is 0. The van der Waals surface area contributed by atoms with Crippen LogP contribution in [0.2, 0.25) is 0 Å². The van der Waals surface area contributed by atoms with Crippen LogP contribution in [-0.4, -0.2) is 32.6 Å². The molecule has 7 heteroatoms. The van der Waals surface area contributed by atoms with Crippen molar-refractivity contribution in [3.8, 4) is 0 Å². The fourth-order valence-electron chi connectivity index (χ4n) is 1.26. The Kier molecular flexibility index (Phi) is 6.68. The van der Waals surface area contributed by atoms with Gasteiger partial charge < -0.3 is 15.2 Å². The fourth-order valence-corrected chi connectivity index (χ4v) is 1.26. The number of carbonyl (C=O) groups is 1. The molecule has 0 bridgehead atoms. The third-order valence-corrected chi connectivity index (χ3v) is 1.99. The van der Waals surface area contributed by atoms with E-state index < -0.39 is 6.16 Å². The van der Waals surface area contributed by atoms with Crippen LogP contribution in [-0.2, 0) is 0 Å². The topological polar surface area (TPSA) is 111 Å². The summed E-state index contributed by atoms with van der Waals surface area (Å²) in [6.45, 7) is 0. The Balaban J connectivity index is 0.000000185. The van der Waals surface area contributed by atoms with Crippen LogP contribution in [0.15, 0.2) is 54.2 Å². The summed E-state index contributed by atoms with van der Waals surface area (Å²) < 4.78 is 0. The number of H-pyrrole nitrogens is 1. The molecule has 2 aromatic rings. The number of aromatic nitrogens is 2. The van der Waals surface area contributed by atoms with Crippen molar-refractivity contribution in [1.82, 2.24) is 9.97 Å². The van der Waals surface area contributed by atoms with Gasteiger partial charge in [-0.15, -0.1) is 0 Å². The Morgan fingerprint density at radius 3 is 2.55 bits per heavy atom. The van der Waals surface area contributed by atoms with E-state index in [1.54, 1.807) is 24.9 Å². The quantitative estimate of drug-likeness (QED) is 0.590. The number of nitrogens with zero attached hydrogens (tertiary/aromatic N) is 2. The van der Waals surface area contributed by atoms with E-state index in [0.29, 0.717) is 0 Å². The SMILES string of the molecule is C1=Cc2ccccc2NN=C1.O=C(O)O.c1c[nH]cn1. The molecule has 0 radical (unpaired) electrons. The number of rotatable bonds is 0. The minimum Gasteiger partial charge on any atom is -0.450 e. The predicted octanol–water partition coefficient (Wildman–Crippen LogP) is 2.74. The van der Waals surface area contributed by atoms with Gasteiger partial charge in [0.25, 0.3) is 0 Å². The van der Waals surface area contributed by atoms with Gasteiger partial charge in [-0.05, 0) is 17.7 Å². The number of carboxylic acid groups (broad SMARTS) is 2. The molecule has 1 aliphatic rings. The smallest absolute Gasteiger partial charge is 0.450 e. The minimum absolute atomic E-state index is 1.05. The van der Waals surface area contributed by atoms with Gasteiger partial charge in [-0.2, -0.15) is 5.10 Å². The molecule has 3 rings (SSSR count). The molecule has 1 aromatic heterocycles. The molecule has 0 saturated carbocycles. The molecular formula is C13H14N4O3. The van der Waals surface area contributed by atoms with Gasteiger partial charge in [0.05, 0.1) is 12.0 Å². The highest BCUT2D eigenvalue weighted by molar-refractivity contribution is 5.83. The van der Waals surface area contributed by atoms with Gasteiger partial charge in [0.1, 0.15) is 0 Å². The molecule has 0 aliphatic carbocycles. The molecule has 0 unspecified atom stereocenters. The van der Waals surface area contributed by atoms with Crippen molar-refractivity contribution in [3.63, 3.8) is 0 Å². The summed E-state index contributed by atoms with van der Waals surface area (Å²) in [4.78, 5) is 15.0. The van der Waals surface area contributed by atoms with Crippen molar-refractivity contribution in [2.24, 2.45) is 5.10 Å². The molecule has 1 aliphatic heterocycles. The lowest BCUT2D eigenvalue weighted by molar-refractivity contribution is 0.137. The van der Waals surface area contributed by atoms with E-state index in [9.17, 15) is 0 Å². The van der Waals surface area contributed by atoms with E-state index in [0.717, 1.165) is 5.69 Å². The zero-order valence-electron chi connectivity index (χ0n) is 10.5. The van der Waals surface area contributed by atoms with Crippen molar-refractivity contribution in [1.29, 1.82) is 0 Å². The van der Waals surface area contributed by atoms with Crippen molar-refractivity contribution >= 4 is 24.1 Å². The number of anilines is 1. The Morgan fingerprint density at radius 1 is 1.20 bits per heavy atom. The molecule has 20 heavy (non-hydrogen) atoms. The highest BCUT2D eigenvalue weighted by Gasteiger charge is 1.96. The Hall–Kier alpha value is -3.09. The molecule has 0 fully saturated rings. The summed E-state index contributed by atoms with van der Waals surface area (Å²) in [5, 5.41) is 17.9. The number of aromatic amines is 1. The van der Waals surface area contributed by atoms with Gasteiger partial charge in [-0.3, -0.25) is 5.43 Å². The van der Waals surface area contributed by atoms with E-state index in [1.807, 2.05) is 36.4 Å². The maximum absolute atomic E-state index is 8.56. The van der Waals surface area contributed by atoms with E-state index in [1.165, 1.54) is 5.56 Å². The van der Waals surface area contributed by atoms with Crippen LogP contribution < -0.4 is 5.43 Å². The number of allylic oxidation sites excluding steroid dienone is 1. The Bertz CT molecular complexity index is 544. The van der Waals surface area contributed by atoms with Gasteiger partial charge in [-0.25, -0.2) is 9.78 Å². The normalized spacial score (nSPS) is 10.6. The van der Waals surface area contributed by atoms with E-state index >= 15 is 0 Å². The summed E-state index contributed by atoms with van der Waals surface area (Å²) in [5.74, 6) is 0. The van der Waals surface area contributed by atoms with Gasteiger partial charge in [0.2, 0.25) is 0 Å². The number of hydrogen-bond donors (Lipinski definition) is 4. The monoisotopic (exact) mass is 274 g/mol. The molecule has 2 heterocycles. The first-order valence-corrected chi connectivity index (χ1v) is 5.59. The maximum atomic E-state index is 8.56. The molecule has 0 saturated heterocycles. The first-order chi connectivity index (χ1) is 9.70. The van der Waals surface area contributed by atoms with Crippen LogP contribution in [0.5, 0.6) is 0 Å². The lowest BCUT2D eigenvalue weighted by Crippen LogP contribution is -1.87. The first kappa shape index (κ1) is 15.0. The molecule has 0 amide bonds. The molecule has 1 aromatic carbocycles. The summed E-state index contributed by atoms with van der Waals surface area (Å²) in [5.41, 5.74) is 5.16. The predicted molar refractivity (Wildman–Crippen MR) is 76.8 cm³/mol. The van der Waals surface area contributed by atoms with Crippen molar-refractivity contribution < 1.29 is 15.0 Å². The van der Waals surface area contributed by atoms with E-state index in [-0.39, 0.29) is 0 Å². The van der Waals surface area contributed by atoms with E-state index in [2.05, 4.69) is 20.5 Å². The average Bonchev–Trinajstić information content (AvgIpc) is 2.90. The summed E-state index contributed by atoms with van der Waals surface area (Å²) in [6, 6.07) is 8.05. The lowest BCUT2D eigenvalue weighted by atomic mass is 10.2. The van der Waals surface area contributed by atoms with Crippen LogP contribution in [0.1, 0.15) is 5.56 Å². The maximum Gasteiger partial charge on any atom is 0.503 e. The van der Waals surface area contributed by atoms with Crippen molar-refractivity contribution in [2.75, 3.05) is 5.43 Å². The van der Waals surface area contributed by atoms with Crippen LogP contribution in [0.25, 0.3) is 6.08 Å². The van der Waals surface area contributed by atoms with Gasteiger partial charge >= 0.3 is 6.16 Å². The fraction of sp³-hybridized carbons (Fsp3) is 0. The van der Waals surface area contributed by atoms with Crippen LogP contribution in [0.3, 0.4) is 0 Å². The summed E-state index contributed by atoms with van der Waals surface area (Å²) in [6.07, 6.45) is 8.93. The molecule has 0 atom stereocenters. The number of fused-ring (bicyclic) bond motifs is 1. The zero-order chi connectivity index (χ0) is 14.6.